The molecule has 1 atom stereocenters. The molecule has 0 aliphatic carbocycles. The van der Waals surface area contributed by atoms with Crippen LogP contribution in [-0.4, -0.2) is 46.7 Å². The number of carbonyl (C=O) groups excluding carboxylic acids is 1. The van der Waals surface area contributed by atoms with Crippen LogP contribution in [0.25, 0.3) is 0 Å². The van der Waals surface area contributed by atoms with Gasteiger partial charge in [0.1, 0.15) is 6.21 Å². The van der Waals surface area contributed by atoms with Crippen molar-refractivity contribution in [3.05, 3.63) is 36.2 Å². The molecular formula is C21H26N7O+. The molecule has 0 bridgehead atoms. The highest BCUT2D eigenvalue weighted by atomic mass is 16.2. The lowest BCUT2D eigenvalue weighted by atomic mass is 9.86. The first-order valence-electron chi connectivity index (χ1n) is 10.3. The Hall–Kier alpha value is -2.84. The van der Waals surface area contributed by atoms with Crippen molar-refractivity contribution in [3.63, 3.8) is 0 Å². The number of quaternary nitrogens is 1. The van der Waals surface area contributed by atoms with E-state index < -0.39 is 5.41 Å². The van der Waals surface area contributed by atoms with E-state index in [1.165, 1.54) is 12.8 Å². The highest BCUT2D eigenvalue weighted by Gasteiger charge is 2.46. The highest BCUT2D eigenvalue weighted by molar-refractivity contribution is 6.30. The molecule has 4 aliphatic rings. The molecule has 0 saturated carbocycles. The Bertz CT molecular complexity index is 983. The largest absolute Gasteiger partial charge is 0.325 e. The lowest BCUT2D eigenvalue weighted by molar-refractivity contribution is -0.917. The minimum absolute atomic E-state index is 0.0206. The fraction of sp³-hybridized carbons (Fsp3) is 0.429. The average molecular weight is 392 g/mol. The Labute approximate surface area is 170 Å². The fourth-order valence-electron chi connectivity index (χ4n) is 4.38. The molecule has 2 N–H and O–H groups in total. The number of anilines is 2. The minimum Gasteiger partial charge on any atom is -0.325 e. The van der Waals surface area contributed by atoms with Gasteiger partial charge in [0.05, 0.1) is 24.7 Å². The Morgan fingerprint density at radius 1 is 1.17 bits per heavy atom. The van der Waals surface area contributed by atoms with Crippen LogP contribution in [0.4, 0.5) is 11.4 Å². The maximum absolute atomic E-state index is 12.2. The van der Waals surface area contributed by atoms with Crippen LogP contribution < -0.4 is 10.6 Å². The third kappa shape index (κ3) is 2.90. The van der Waals surface area contributed by atoms with Gasteiger partial charge in [-0.05, 0) is 54.2 Å². The second kappa shape index (κ2) is 6.60. The first kappa shape index (κ1) is 18.2. The van der Waals surface area contributed by atoms with Crippen LogP contribution in [0.1, 0.15) is 45.1 Å². The molecule has 0 spiro atoms. The van der Waals surface area contributed by atoms with E-state index in [1.807, 2.05) is 38.2 Å². The fourth-order valence-corrected chi connectivity index (χ4v) is 4.38. The molecule has 4 aliphatic heterocycles. The molecule has 1 saturated heterocycles. The zero-order chi connectivity index (χ0) is 20.1. The van der Waals surface area contributed by atoms with E-state index in [1.54, 1.807) is 12.4 Å². The average Bonchev–Trinajstić information content (AvgIpc) is 3.00. The summed E-state index contributed by atoms with van der Waals surface area (Å²) in [6.07, 6.45) is 10.4. The van der Waals surface area contributed by atoms with E-state index in [4.69, 9.17) is 10.1 Å². The number of nitrogens with one attached hydrogen (secondary N) is 2. The van der Waals surface area contributed by atoms with E-state index in [2.05, 4.69) is 20.6 Å². The van der Waals surface area contributed by atoms with Crippen LogP contribution in [0.5, 0.6) is 0 Å². The normalized spacial score (nSPS) is 27.6. The molecule has 1 aromatic carbocycles. The number of fused-ring (bicyclic) bond motifs is 2. The molecule has 0 radical (unpaired) electrons. The van der Waals surface area contributed by atoms with E-state index in [9.17, 15) is 4.79 Å². The molecule has 1 fully saturated rings. The number of hydrogen-bond donors (Lipinski definition) is 2. The first-order valence-corrected chi connectivity index (χ1v) is 10.3. The maximum Gasteiger partial charge on any atom is 0.301 e. The van der Waals surface area contributed by atoms with Gasteiger partial charge >= 0.3 is 5.84 Å². The van der Waals surface area contributed by atoms with Gasteiger partial charge in [0, 0.05) is 11.4 Å². The predicted octanol–water partition coefficient (Wildman–Crippen LogP) is 3.17. The quantitative estimate of drug-likeness (QED) is 0.759. The monoisotopic (exact) mass is 392 g/mol. The van der Waals surface area contributed by atoms with Crippen LogP contribution in [-0.2, 0) is 10.2 Å². The number of hydrogen-bond acceptors (Lipinski definition) is 6. The molecule has 1 amide bonds. The van der Waals surface area contributed by atoms with Crippen molar-refractivity contribution in [3.8, 4) is 0 Å². The summed E-state index contributed by atoms with van der Waals surface area (Å²) in [5, 5.41) is 13.6. The van der Waals surface area contributed by atoms with Crippen molar-refractivity contribution in [1.82, 2.24) is 5.01 Å². The van der Waals surface area contributed by atoms with Crippen molar-refractivity contribution in [1.29, 1.82) is 0 Å². The standard InChI is InChI=1S/C21H25N7O/c1-21(2)16-8-7-15(13-17(16)24-19(21)29)23-20-25-18-14-22-9-12-28(18,26-20)27-10-5-3-4-6-11-27/h7-9,12-14H,3-6,10-11H2,1-2H3,(H-,23,24,26,29)/p+1. The summed E-state index contributed by atoms with van der Waals surface area (Å²) < 4.78 is 0.251. The molecule has 8 nitrogen and oxygen atoms in total. The van der Waals surface area contributed by atoms with Gasteiger partial charge in [0.15, 0.2) is 6.20 Å². The predicted molar refractivity (Wildman–Crippen MR) is 115 cm³/mol. The van der Waals surface area contributed by atoms with Gasteiger partial charge in [-0.15, -0.1) is 10.0 Å². The summed E-state index contributed by atoms with van der Waals surface area (Å²) in [4.78, 5) is 21.2. The van der Waals surface area contributed by atoms with Gasteiger partial charge in [0.2, 0.25) is 5.91 Å². The highest BCUT2D eigenvalue weighted by Crippen LogP contribution is 2.38. The first-order chi connectivity index (χ1) is 14.0. The van der Waals surface area contributed by atoms with Crippen molar-refractivity contribution >= 4 is 35.3 Å². The van der Waals surface area contributed by atoms with Crippen LogP contribution >= 0.6 is 0 Å². The number of aliphatic imine (C=N–C) groups is 2. The number of carbonyl (C=O) groups is 1. The van der Waals surface area contributed by atoms with Crippen molar-refractivity contribution in [2.75, 3.05) is 23.7 Å². The molecule has 4 heterocycles. The van der Waals surface area contributed by atoms with E-state index >= 15 is 0 Å². The Morgan fingerprint density at radius 2 is 1.97 bits per heavy atom. The smallest absolute Gasteiger partial charge is 0.301 e. The second-order valence-electron chi connectivity index (χ2n) is 8.45. The molecule has 150 valence electrons. The number of nitrogens with zero attached hydrogens (tertiary/aromatic N) is 5. The number of benzene rings is 1. The molecular weight excluding hydrogens is 366 g/mol. The summed E-state index contributed by atoms with van der Waals surface area (Å²) >= 11 is 0. The lowest BCUT2D eigenvalue weighted by Crippen LogP contribution is -2.56. The van der Waals surface area contributed by atoms with Crippen LogP contribution in [0.2, 0.25) is 0 Å². The summed E-state index contributed by atoms with van der Waals surface area (Å²) in [7, 11) is 0. The van der Waals surface area contributed by atoms with Crippen molar-refractivity contribution < 1.29 is 9.50 Å². The van der Waals surface area contributed by atoms with E-state index in [0.29, 0.717) is 5.96 Å². The zero-order valence-corrected chi connectivity index (χ0v) is 16.9. The van der Waals surface area contributed by atoms with Gasteiger partial charge in [-0.3, -0.25) is 9.79 Å². The Balaban J connectivity index is 1.44. The molecule has 5 rings (SSSR count). The SMILES string of the molecule is CC1(C)C(=O)Nc2cc(NC3=N[N+]4(N5CCCCCC5)C=CN=CC4=N3)ccc21. The molecule has 29 heavy (non-hydrogen) atoms. The van der Waals surface area contributed by atoms with Crippen molar-refractivity contribution in [2.24, 2.45) is 15.1 Å². The Kier molecular flexibility index (Phi) is 4.15. The number of guanidine groups is 1. The maximum atomic E-state index is 12.2. The topological polar surface area (TPSA) is 81.5 Å². The summed E-state index contributed by atoms with van der Waals surface area (Å²) in [5.41, 5.74) is 2.18. The van der Waals surface area contributed by atoms with Crippen LogP contribution in [0.3, 0.4) is 0 Å². The number of amidine groups is 1. The third-order valence-corrected chi connectivity index (χ3v) is 6.13. The molecule has 1 aromatic rings. The number of amides is 1. The minimum atomic E-state index is -0.511. The van der Waals surface area contributed by atoms with E-state index in [0.717, 1.165) is 48.7 Å². The van der Waals surface area contributed by atoms with Gasteiger partial charge in [0.25, 0.3) is 5.96 Å². The van der Waals surface area contributed by atoms with Crippen molar-refractivity contribution in [2.45, 2.75) is 44.9 Å². The Morgan fingerprint density at radius 3 is 2.76 bits per heavy atom. The van der Waals surface area contributed by atoms with Crippen LogP contribution in [0, 0.1) is 0 Å². The molecule has 0 aromatic heterocycles. The van der Waals surface area contributed by atoms with Gasteiger partial charge < -0.3 is 10.6 Å². The lowest BCUT2D eigenvalue weighted by Gasteiger charge is -2.33. The van der Waals surface area contributed by atoms with Gasteiger partial charge in [-0.2, -0.15) is 0 Å². The number of rotatable bonds is 2. The zero-order valence-electron chi connectivity index (χ0n) is 16.9. The third-order valence-electron chi connectivity index (χ3n) is 6.13. The summed E-state index contributed by atoms with van der Waals surface area (Å²) in [6, 6.07) is 5.91. The van der Waals surface area contributed by atoms with Gasteiger partial charge in [-0.1, -0.05) is 18.9 Å². The molecule has 1 unspecified atom stereocenters. The van der Waals surface area contributed by atoms with Gasteiger partial charge in [-0.25, -0.2) is 0 Å². The molecule has 8 heteroatoms. The van der Waals surface area contributed by atoms with Crippen LogP contribution in [0.15, 0.2) is 45.7 Å². The van der Waals surface area contributed by atoms with E-state index in [-0.39, 0.29) is 10.6 Å². The summed E-state index contributed by atoms with van der Waals surface area (Å²) in [5.74, 6) is 1.37. The second-order valence-corrected chi connectivity index (χ2v) is 8.45. The summed E-state index contributed by atoms with van der Waals surface area (Å²) in [6.45, 7) is 5.84.